The fourth-order valence-corrected chi connectivity index (χ4v) is 3.87. The summed E-state index contributed by atoms with van der Waals surface area (Å²) in [5.74, 6) is -6.66. The van der Waals surface area contributed by atoms with Gasteiger partial charge in [0.1, 0.15) is 6.54 Å². The maximum atomic E-state index is 13.2. The number of amides is 3. The maximum Gasteiger partial charge on any atom is 0.339 e. The predicted molar refractivity (Wildman–Crippen MR) is 147 cm³/mol. The van der Waals surface area contributed by atoms with Crippen molar-refractivity contribution in [1.29, 1.82) is 0 Å². The van der Waals surface area contributed by atoms with Crippen molar-refractivity contribution < 1.29 is 38.6 Å². The molecule has 4 N–H and O–H groups in total. The number of hydrogen-bond donors (Lipinski definition) is 4. The topological polar surface area (TPSA) is 168 Å². The fourth-order valence-electron chi connectivity index (χ4n) is 3.87. The number of nitrogens with one attached hydrogen (secondary N) is 3. The van der Waals surface area contributed by atoms with E-state index >= 15 is 0 Å². The van der Waals surface area contributed by atoms with Gasteiger partial charge >= 0.3 is 17.9 Å². The van der Waals surface area contributed by atoms with Gasteiger partial charge < -0.3 is 25.8 Å². The molecule has 0 aliphatic rings. The number of hydrogen-bond acceptors (Lipinski definition) is 7. The van der Waals surface area contributed by atoms with Crippen molar-refractivity contribution >= 4 is 35.6 Å². The lowest BCUT2D eigenvalue weighted by Crippen LogP contribution is -2.68. The molecule has 11 nitrogen and oxygen atoms in total. The quantitative estimate of drug-likeness (QED) is 0.217. The van der Waals surface area contributed by atoms with Crippen molar-refractivity contribution in [2.45, 2.75) is 32.4 Å². The Morgan fingerprint density at radius 3 is 2.07 bits per heavy atom. The Hall–Kier alpha value is -5.32. The van der Waals surface area contributed by atoms with Crippen LogP contribution in [0.25, 0.3) is 0 Å². The lowest BCUT2D eigenvalue weighted by molar-refractivity contribution is -0.164. The number of carboxylic acids is 1. The van der Waals surface area contributed by atoms with Gasteiger partial charge in [-0.05, 0) is 56.7 Å². The van der Waals surface area contributed by atoms with Gasteiger partial charge in [0, 0.05) is 16.7 Å². The van der Waals surface area contributed by atoms with Crippen molar-refractivity contribution in [3.8, 4) is 0 Å². The first kappa shape index (κ1) is 30.2. The predicted octanol–water partition coefficient (Wildman–Crippen LogP) is 2.17. The Morgan fingerprint density at radius 1 is 0.805 bits per heavy atom. The molecular formula is C30H29N3O8. The number of carbonyl (C=O) groups is 6. The number of benzene rings is 3. The Kier molecular flexibility index (Phi) is 9.70. The molecule has 2 atom stereocenters. The fraction of sp³-hybridized carbons (Fsp3) is 0.200. The van der Waals surface area contributed by atoms with Gasteiger partial charge in [0.15, 0.2) is 11.6 Å². The molecule has 0 aromatic heterocycles. The zero-order chi connectivity index (χ0) is 30.2. The summed E-state index contributed by atoms with van der Waals surface area (Å²) in [4.78, 5) is 76.6. The van der Waals surface area contributed by atoms with Crippen LogP contribution in [0.3, 0.4) is 0 Å². The van der Waals surface area contributed by atoms with E-state index in [4.69, 9.17) is 4.74 Å². The Balaban J connectivity index is 1.85. The second-order valence-electron chi connectivity index (χ2n) is 9.39. The van der Waals surface area contributed by atoms with E-state index in [1.807, 2.05) is 0 Å². The molecule has 11 heteroatoms. The van der Waals surface area contributed by atoms with Gasteiger partial charge in [-0.15, -0.1) is 0 Å². The lowest BCUT2D eigenvalue weighted by Gasteiger charge is -2.33. The minimum absolute atomic E-state index is 0.0899. The van der Waals surface area contributed by atoms with Crippen LogP contribution in [0.15, 0.2) is 78.9 Å². The molecule has 0 bridgehead atoms. The van der Waals surface area contributed by atoms with Crippen LogP contribution in [-0.4, -0.2) is 58.9 Å². The number of carboxylic acid groups (broad SMARTS) is 1. The SMILES string of the molecule is Cc1cccc(C(=O)NC(C(=O)OC(=O)CNC(=O)c2ccccc2C)C(C)(NC(=O)c2ccccc2)C(=O)O)c1. The largest absolute Gasteiger partial charge is 0.479 e. The molecule has 0 aliphatic carbocycles. The minimum atomic E-state index is -2.46. The van der Waals surface area contributed by atoms with Gasteiger partial charge in [-0.3, -0.25) is 14.4 Å². The van der Waals surface area contributed by atoms with E-state index < -0.39 is 53.8 Å². The van der Waals surface area contributed by atoms with Gasteiger partial charge in [-0.25, -0.2) is 14.4 Å². The summed E-state index contributed by atoms with van der Waals surface area (Å²) in [5, 5.41) is 17.0. The van der Waals surface area contributed by atoms with Gasteiger partial charge in [-0.1, -0.05) is 54.1 Å². The van der Waals surface area contributed by atoms with Crippen molar-refractivity contribution in [2.24, 2.45) is 0 Å². The summed E-state index contributed by atoms with van der Waals surface area (Å²) < 4.78 is 4.85. The molecule has 3 rings (SSSR count). The average Bonchev–Trinajstić information content (AvgIpc) is 2.94. The zero-order valence-corrected chi connectivity index (χ0v) is 22.6. The molecule has 0 aliphatic heterocycles. The van der Waals surface area contributed by atoms with Gasteiger partial charge in [0.2, 0.25) is 0 Å². The third-order valence-electron chi connectivity index (χ3n) is 6.22. The van der Waals surface area contributed by atoms with Crippen molar-refractivity contribution in [3.05, 3.63) is 107 Å². The van der Waals surface area contributed by atoms with Gasteiger partial charge in [-0.2, -0.15) is 0 Å². The highest BCUT2D eigenvalue weighted by Crippen LogP contribution is 2.17. The van der Waals surface area contributed by atoms with E-state index in [-0.39, 0.29) is 11.1 Å². The third kappa shape index (κ3) is 7.63. The van der Waals surface area contributed by atoms with E-state index in [0.717, 1.165) is 12.5 Å². The maximum absolute atomic E-state index is 13.2. The van der Waals surface area contributed by atoms with E-state index in [9.17, 15) is 33.9 Å². The van der Waals surface area contributed by atoms with Crippen LogP contribution >= 0.6 is 0 Å². The highest BCUT2D eigenvalue weighted by atomic mass is 16.6. The molecule has 0 saturated heterocycles. The standard InChI is InChI=1S/C30H29N3O8/c1-18-10-9-14-21(16-18)25(35)32-24(30(3,29(39)40)33-26(36)20-12-5-4-6-13-20)28(38)41-23(34)17-31-27(37)22-15-8-7-11-19(22)2/h4-16,24H,17H2,1-3H3,(H,31,37)(H,32,35)(H,33,36)(H,39,40). The van der Waals surface area contributed by atoms with E-state index in [0.29, 0.717) is 11.1 Å². The van der Waals surface area contributed by atoms with Crippen LogP contribution < -0.4 is 16.0 Å². The molecule has 3 amide bonds. The molecule has 212 valence electrons. The van der Waals surface area contributed by atoms with Crippen molar-refractivity contribution in [3.63, 3.8) is 0 Å². The summed E-state index contributed by atoms with van der Waals surface area (Å²) in [5.41, 5.74) is -0.603. The van der Waals surface area contributed by atoms with Crippen LogP contribution in [0, 0.1) is 13.8 Å². The van der Waals surface area contributed by atoms with E-state index in [2.05, 4.69) is 16.0 Å². The van der Waals surface area contributed by atoms with E-state index in [1.165, 1.54) is 24.3 Å². The first-order valence-electron chi connectivity index (χ1n) is 12.5. The molecule has 3 aromatic rings. The van der Waals surface area contributed by atoms with Crippen molar-refractivity contribution in [1.82, 2.24) is 16.0 Å². The highest BCUT2D eigenvalue weighted by Gasteiger charge is 2.49. The van der Waals surface area contributed by atoms with Gasteiger partial charge in [0.25, 0.3) is 17.7 Å². The molecule has 0 saturated carbocycles. The van der Waals surface area contributed by atoms with Crippen molar-refractivity contribution in [2.75, 3.05) is 6.54 Å². The number of aliphatic carboxylic acids is 1. The Labute approximate surface area is 235 Å². The third-order valence-corrected chi connectivity index (χ3v) is 6.22. The second kappa shape index (κ2) is 13.2. The van der Waals surface area contributed by atoms with Gasteiger partial charge in [0.05, 0.1) is 0 Å². The second-order valence-corrected chi connectivity index (χ2v) is 9.39. The molecular weight excluding hydrogens is 530 g/mol. The van der Waals surface area contributed by atoms with E-state index in [1.54, 1.807) is 68.4 Å². The Bertz CT molecular complexity index is 1490. The molecule has 0 spiro atoms. The molecule has 0 radical (unpaired) electrons. The molecule has 41 heavy (non-hydrogen) atoms. The number of aryl methyl sites for hydroxylation is 2. The average molecular weight is 560 g/mol. The summed E-state index contributed by atoms with van der Waals surface area (Å²) in [6, 6.07) is 18.5. The number of rotatable bonds is 10. The normalized spacial score (nSPS) is 12.7. The lowest BCUT2D eigenvalue weighted by atomic mass is 9.90. The zero-order valence-electron chi connectivity index (χ0n) is 22.6. The highest BCUT2D eigenvalue weighted by molar-refractivity contribution is 6.04. The monoisotopic (exact) mass is 559 g/mol. The van der Waals surface area contributed by atoms with Crippen LogP contribution in [-0.2, 0) is 19.1 Å². The number of ether oxygens (including phenoxy) is 1. The number of carbonyl (C=O) groups excluding carboxylic acids is 5. The minimum Gasteiger partial charge on any atom is -0.479 e. The number of esters is 2. The summed E-state index contributed by atoms with van der Waals surface area (Å²) >= 11 is 0. The van der Waals surface area contributed by atoms with Crippen LogP contribution in [0.4, 0.5) is 0 Å². The summed E-state index contributed by atoms with van der Waals surface area (Å²) in [7, 11) is 0. The van der Waals surface area contributed by atoms with Crippen LogP contribution in [0.2, 0.25) is 0 Å². The molecule has 0 heterocycles. The first-order valence-corrected chi connectivity index (χ1v) is 12.5. The smallest absolute Gasteiger partial charge is 0.339 e. The van der Waals surface area contributed by atoms with Crippen LogP contribution in [0.5, 0.6) is 0 Å². The van der Waals surface area contributed by atoms with Crippen LogP contribution in [0.1, 0.15) is 49.1 Å². The molecule has 0 fully saturated rings. The molecule has 3 aromatic carbocycles. The Morgan fingerprint density at radius 2 is 1.44 bits per heavy atom. The molecule has 2 unspecified atom stereocenters. The summed E-state index contributed by atoms with van der Waals surface area (Å²) in [6.45, 7) is 3.71. The first-order chi connectivity index (χ1) is 19.4. The summed E-state index contributed by atoms with van der Waals surface area (Å²) in [6.07, 6.45) is 0.